The first-order valence-corrected chi connectivity index (χ1v) is 11.8. The minimum Gasteiger partial charge on any atom is -0.489 e. The van der Waals surface area contributed by atoms with Crippen molar-refractivity contribution in [2.45, 2.75) is 32.0 Å². The van der Waals surface area contributed by atoms with Crippen LogP contribution in [0.25, 0.3) is 10.9 Å². The highest BCUT2D eigenvalue weighted by Gasteiger charge is 2.29. The minimum absolute atomic E-state index is 0.0498. The lowest BCUT2D eigenvalue weighted by Crippen LogP contribution is -2.47. The monoisotopic (exact) mass is 461 g/mol. The van der Waals surface area contributed by atoms with Crippen molar-refractivity contribution < 1.29 is 23.7 Å². The number of benzene rings is 2. The van der Waals surface area contributed by atoms with Gasteiger partial charge in [-0.05, 0) is 62.7 Å². The number of ether oxygens (including phenoxy) is 4. The van der Waals surface area contributed by atoms with Crippen molar-refractivity contribution in [3.05, 3.63) is 48.2 Å². The predicted molar refractivity (Wildman–Crippen MR) is 127 cm³/mol. The van der Waals surface area contributed by atoms with Crippen molar-refractivity contribution in [2.75, 3.05) is 38.2 Å². The maximum Gasteiger partial charge on any atom is 0.262 e. The molecule has 0 radical (unpaired) electrons. The largest absolute Gasteiger partial charge is 0.489 e. The molecular weight excluding hydrogens is 434 g/mol. The predicted octanol–water partition coefficient (Wildman–Crippen LogP) is 3.56. The molecule has 34 heavy (non-hydrogen) atoms. The SMILES string of the molecule is Cc1ccc2c3c(ccc2n1)OC[C@H](CN1CCCC(Oc2ccc4c(c2)NC(=O)CO4)C1)O3. The van der Waals surface area contributed by atoms with Crippen LogP contribution in [0.3, 0.4) is 0 Å². The molecule has 0 spiro atoms. The van der Waals surface area contributed by atoms with E-state index in [1.54, 1.807) is 0 Å². The molecule has 2 aromatic carbocycles. The van der Waals surface area contributed by atoms with Crippen molar-refractivity contribution in [3.8, 4) is 23.0 Å². The molecule has 1 aromatic heterocycles. The summed E-state index contributed by atoms with van der Waals surface area (Å²) >= 11 is 0. The van der Waals surface area contributed by atoms with Crippen LogP contribution in [-0.4, -0.2) is 60.8 Å². The highest BCUT2D eigenvalue weighted by molar-refractivity contribution is 5.95. The average molecular weight is 462 g/mol. The third-order valence-corrected chi connectivity index (χ3v) is 6.44. The van der Waals surface area contributed by atoms with E-state index < -0.39 is 0 Å². The summed E-state index contributed by atoms with van der Waals surface area (Å²) in [6.07, 6.45) is 2.04. The minimum atomic E-state index is -0.150. The Bertz CT molecular complexity index is 1250. The summed E-state index contributed by atoms with van der Waals surface area (Å²) in [5.41, 5.74) is 2.56. The van der Waals surface area contributed by atoms with Gasteiger partial charge in [0.25, 0.3) is 5.91 Å². The average Bonchev–Trinajstić information content (AvgIpc) is 2.83. The van der Waals surface area contributed by atoms with E-state index in [9.17, 15) is 4.79 Å². The summed E-state index contributed by atoms with van der Waals surface area (Å²) in [7, 11) is 0. The van der Waals surface area contributed by atoms with Crippen LogP contribution < -0.4 is 24.3 Å². The molecular formula is C26H27N3O5. The second kappa shape index (κ2) is 8.68. The van der Waals surface area contributed by atoms with Gasteiger partial charge in [0, 0.05) is 30.2 Å². The number of anilines is 1. The highest BCUT2D eigenvalue weighted by Crippen LogP contribution is 2.38. The fraction of sp³-hybridized carbons (Fsp3) is 0.385. The van der Waals surface area contributed by atoms with Gasteiger partial charge >= 0.3 is 0 Å². The first-order chi connectivity index (χ1) is 16.6. The van der Waals surface area contributed by atoms with Crippen LogP contribution in [-0.2, 0) is 4.79 Å². The Kier molecular flexibility index (Phi) is 5.37. The van der Waals surface area contributed by atoms with Gasteiger partial charge in [0.05, 0.1) is 11.2 Å². The van der Waals surface area contributed by atoms with Crippen LogP contribution in [0.4, 0.5) is 5.69 Å². The molecule has 1 amide bonds. The van der Waals surface area contributed by atoms with E-state index in [4.69, 9.17) is 18.9 Å². The summed E-state index contributed by atoms with van der Waals surface area (Å²) in [6.45, 7) is 5.13. The van der Waals surface area contributed by atoms with E-state index in [-0.39, 0.29) is 24.7 Å². The Morgan fingerprint density at radius 1 is 1.15 bits per heavy atom. The molecule has 0 aliphatic carbocycles. The van der Waals surface area contributed by atoms with Gasteiger partial charge in [-0.25, -0.2) is 0 Å². The lowest BCUT2D eigenvalue weighted by atomic mass is 10.1. The van der Waals surface area contributed by atoms with Crippen molar-refractivity contribution in [1.82, 2.24) is 9.88 Å². The number of piperidine rings is 1. The van der Waals surface area contributed by atoms with E-state index in [1.165, 1.54) is 0 Å². The zero-order chi connectivity index (χ0) is 23.1. The number of aromatic nitrogens is 1. The number of nitrogens with zero attached hydrogens (tertiary/aromatic N) is 2. The van der Waals surface area contributed by atoms with Crippen LogP contribution in [0, 0.1) is 6.92 Å². The number of aryl methyl sites for hydroxylation is 1. The molecule has 1 saturated heterocycles. The number of likely N-dealkylation sites (tertiary alicyclic amines) is 1. The van der Waals surface area contributed by atoms with E-state index in [2.05, 4.69) is 21.3 Å². The third kappa shape index (κ3) is 4.21. The standard InChI is InChI=1S/C26H27N3O5/c1-16-4-6-20-21(27-16)7-9-24-26(20)34-19(14-31-24)13-29-10-2-3-18(12-29)33-17-5-8-23-22(11-17)28-25(30)15-32-23/h4-9,11,18-19H,2-3,10,12-15H2,1H3,(H,28,30)/t18?,19-/m0/s1. The Labute approximate surface area is 197 Å². The van der Waals surface area contributed by atoms with Crippen LogP contribution in [0.15, 0.2) is 42.5 Å². The number of hydrogen-bond donors (Lipinski definition) is 1. The maximum absolute atomic E-state index is 11.6. The zero-order valence-electron chi connectivity index (χ0n) is 19.1. The fourth-order valence-electron chi connectivity index (χ4n) is 4.86. The Morgan fingerprint density at radius 2 is 2.06 bits per heavy atom. The van der Waals surface area contributed by atoms with Gasteiger partial charge in [-0.1, -0.05) is 0 Å². The molecule has 6 rings (SSSR count). The number of pyridine rings is 1. The fourth-order valence-corrected chi connectivity index (χ4v) is 4.86. The van der Waals surface area contributed by atoms with Crippen LogP contribution in [0.2, 0.25) is 0 Å². The number of carbonyl (C=O) groups is 1. The van der Waals surface area contributed by atoms with Crippen LogP contribution >= 0.6 is 0 Å². The number of nitrogens with one attached hydrogen (secondary N) is 1. The van der Waals surface area contributed by atoms with Gasteiger partial charge in [0.1, 0.15) is 30.3 Å². The Balaban J connectivity index is 1.11. The molecule has 4 heterocycles. The van der Waals surface area contributed by atoms with Gasteiger partial charge < -0.3 is 24.3 Å². The summed E-state index contributed by atoms with van der Waals surface area (Å²) in [6, 6.07) is 13.6. The second-order valence-electron chi connectivity index (χ2n) is 9.10. The van der Waals surface area contributed by atoms with Gasteiger partial charge in [-0.15, -0.1) is 0 Å². The maximum atomic E-state index is 11.6. The Hall–Kier alpha value is -3.52. The van der Waals surface area contributed by atoms with Crippen molar-refractivity contribution in [3.63, 3.8) is 0 Å². The zero-order valence-corrected chi connectivity index (χ0v) is 19.1. The molecule has 0 bridgehead atoms. The molecule has 3 aliphatic heterocycles. The second-order valence-corrected chi connectivity index (χ2v) is 9.10. The molecule has 1 N–H and O–H groups in total. The van der Waals surface area contributed by atoms with Crippen LogP contribution in [0.5, 0.6) is 23.0 Å². The topological polar surface area (TPSA) is 82.2 Å². The van der Waals surface area contributed by atoms with E-state index >= 15 is 0 Å². The molecule has 0 saturated carbocycles. The van der Waals surface area contributed by atoms with Crippen LogP contribution in [0.1, 0.15) is 18.5 Å². The number of amides is 1. The molecule has 3 aromatic rings. The number of rotatable bonds is 4. The summed E-state index contributed by atoms with van der Waals surface area (Å²) in [5, 5.41) is 3.82. The summed E-state index contributed by atoms with van der Waals surface area (Å²) in [5.74, 6) is 2.81. The van der Waals surface area contributed by atoms with Crippen molar-refractivity contribution >= 4 is 22.5 Å². The van der Waals surface area contributed by atoms with E-state index in [0.717, 1.165) is 66.3 Å². The molecule has 8 heteroatoms. The van der Waals surface area contributed by atoms with Gasteiger partial charge in [-0.2, -0.15) is 0 Å². The summed E-state index contributed by atoms with van der Waals surface area (Å²) < 4.78 is 24.2. The normalized spacial score (nSPS) is 22.0. The summed E-state index contributed by atoms with van der Waals surface area (Å²) in [4.78, 5) is 18.6. The lowest BCUT2D eigenvalue weighted by Gasteiger charge is -2.36. The molecule has 1 fully saturated rings. The molecule has 8 nitrogen and oxygen atoms in total. The highest BCUT2D eigenvalue weighted by atomic mass is 16.6. The first kappa shape index (κ1) is 21.0. The van der Waals surface area contributed by atoms with Gasteiger partial charge in [0.15, 0.2) is 18.1 Å². The quantitative estimate of drug-likeness (QED) is 0.636. The lowest BCUT2D eigenvalue weighted by molar-refractivity contribution is -0.118. The van der Waals surface area contributed by atoms with Gasteiger partial charge in [0.2, 0.25) is 0 Å². The molecule has 3 aliphatic rings. The molecule has 2 atom stereocenters. The first-order valence-electron chi connectivity index (χ1n) is 11.8. The molecule has 176 valence electrons. The number of fused-ring (bicyclic) bond motifs is 4. The van der Waals surface area contributed by atoms with Crippen molar-refractivity contribution in [2.24, 2.45) is 0 Å². The van der Waals surface area contributed by atoms with Crippen molar-refractivity contribution in [1.29, 1.82) is 0 Å². The third-order valence-electron chi connectivity index (χ3n) is 6.44. The molecule has 1 unspecified atom stereocenters. The van der Waals surface area contributed by atoms with E-state index in [1.807, 2.05) is 43.3 Å². The van der Waals surface area contributed by atoms with Gasteiger partial charge in [-0.3, -0.25) is 14.7 Å². The number of carbonyl (C=O) groups excluding carboxylic acids is 1. The van der Waals surface area contributed by atoms with E-state index in [0.29, 0.717) is 18.0 Å². The Morgan fingerprint density at radius 3 is 3.00 bits per heavy atom. The number of hydrogen-bond acceptors (Lipinski definition) is 7. The smallest absolute Gasteiger partial charge is 0.262 e.